The van der Waals surface area contributed by atoms with E-state index < -0.39 is 0 Å². The molecule has 0 bridgehead atoms. The van der Waals surface area contributed by atoms with Crippen molar-refractivity contribution in [1.82, 2.24) is 24.1 Å². The number of piperidine rings is 1. The van der Waals surface area contributed by atoms with E-state index in [4.69, 9.17) is 4.98 Å². The van der Waals surface area contributed by atoms with Gasteiger partial charge in [-0.1, -0.05) is 0 Å². The molecule has 2 aliphatic rings. The van der Waals surface area contributed by atoms with Crippen LogP contribution in [-0.2, 0) is 6.54 Å². The molecule has 28 heavy (non-hydrogen) atoms. The molecule has 2 aromatic heterocycles. The van der Waals surface area contributed by atoms with Crippen LogP contribution in [0.15, 0.2) is 11.6 Å². The molecule has 2 saturated heterocycles. The quantitative estimate of drug-likeness (QED) is 0.800. The molecule has 0 aromatic carbocycles. The molecule has 6 nitrogen and oxygen atoms in total. The lowest BCUT2D eigenvalue weighted by Crippen LogP contribution is -2.58. The van der Waals surface area contributed by atoms with Crippen molar-refractivity contribution in [2.24, 2.45) is 0 Å². The molecule has 156 valence electrons. The topological polar surface area (TPSA) is 47.2 Å². The lowest BCUT2D eigenvalue weighted by Gasteiger charge is -2.48. The molecule has 0 saturated carbocycles. The molecule has 4 heterocycles. The van der Waals surface area contributed by atoms with Gasteiger partial charge in [0.1, 0.15) is 0 Å². The first-order chi connectivity index (χ1) is 13.6. The smallest absolute Gasteiger partial charge is 0.194 e. The normalized spacial score (nSPS) is 24.0. The SMILES string of the molecule is Cc1nc2sccn2c1CN1CCN(C2CCN(C(C)C)CC2)[C@H](CCO)C1. The molecule has 2 aliphatic heterocycles. The molecule has 7 heteroatoms. The van der Waals surface area contributed by atoms with Gasteiger partial charge in [0.15, 0.2) is 4.96 Å². The van der Waals surface area contributed by atoms with E-state index in [2.05, 4.69) is 51.4 Å². The van der Waals surface area contributed by atoms with Gasteiger partial charge in [0, 0.05) is 62.5 Å². The average Bonchev–Trinajstić information content (AvgIpc) is 3.25. The number of aliphatic hydroxyl groups is 1. The predicted octanol–water partition coefficient (Wildman–Crippen LogP) is 2.45. The summed E-state index contributed by atoms with van der Waals surface area (Å²) in [5, 5.41) is 11.8. The van der Waals surface area contributed by atoms with Crippen LogP contribution in [0.25, 0.3) is 4.96 Å². The lowest BCUT2D eigenvalue weighted by molar-refractivity contribution is -0.000448. The number of imidazole rings is 1. The fourth-order valence-corrected chi connectivity index (χ4v) is 5.82. The second-order valence-corrected chi connectivity index (χ2v) is 9.57. The van der Waals surface area contributed by atoms with E-state index in [-0.39, 0.29) is 6.61 Å². The van der Waals surface area contributed by atoms with Crippen LogP contribution in [0.3, 0.4) is 0 Å². The number of aliphatic hydroxyl groups excluding tert-OH is 1. The van der Waals surface area contributed by atoms with Crippen LogP contribution < -0.4 is 0 Å². The molecule has 1 atom stereocenters. The number of rotatable bonds is 6. The Morgan fingerprint density at radius 1 is 1.21 bits per heavy atom. The van der Waals surface area contributed by atoms with Crippen LogP contribution in [0.2, 0.25) is 0 Å². The monoisotopic (exact) mass is 405 g/mol. The summed E-state index contributed by atoms with van der Waals surface area (Å²) in [6, 6.07) is 1.79. The van der Waals surface area contributed by atoms with Crippen molar-refractivity contribution in [3.8, 4) is 0 Å². The summed E-state index contributed by atoms with van der Waals surface area (Å²) in [7, 11) is 0. The van der Waals surface area contributed by atoms with Crippen LogP contribution in [0.5, 0.6) is 0 Å². The van der Waals surface area contributed by atoms with Gasteiger partial charge in [-0.3, -0.25) is 14.2 Å². The first-order valence-corrected chi connectivity index (χ1v) is 11.7. The third kappa shape index (κ3) is 4.14. The van der Waals surface area contributed by atoms with Gasteiger partial charge < -0.3 is 10.0 Å². The zero-order valence-corrected chi connectivity index (χ0v) is 18.4. The first-order valence-electron chi connectivity index (χ1n) is 10.8. The lowest BCUT2D eigenvalue weighted by atomic mass is 9.97. The number of aryl methyl sites for hydroxylation is 1. The van der Waals surface area contributed by atoms with Gasteiger partial charge in [0.05, 0.1) is 11.4 Å². The Hall–Kier alpha value is -0.990. The summed E-state index contributed by atoms with van der Waals surface area (Å²) in [6.45, 7) is 13.6. The fraction of sp³-hybridized carbons (Fsp3) is 0.762. The zero-order valence-electron chi connectivity index (χ0n) is 17.5. The fourth-order valence-electron chi connectivity index (χ4n) is 5.04. The van der Waals surface area contributed by atoms with E-state index in [1.165, 1.54) is 31.6 Å². The summed E-state index contributed by atoms with van der Waals surface area (Å²) >= 11 is 1.70. The highest BCUT2D eigenvalue weighted by Crippen LogP contribution is 2.26. The molecular weight excluding hydrogens is 370 g/mol. The van der Waals surface area contributed by atoms with Crippen molar-refractivity contribution in [3.63, 3.8) is 0 Å². The highest BCUT2D eigenvalue weighted by atomic mass is 32.1. The highest BCUT2D eigenvalue weighted by molar-refractivity contribution is 7.15. The molecule has 4 rings (SSSR count). The maximum atomic E-state index is 9.68. The van der Waals surface area contributed by atoms with Gasteiger partial charge in [-0.2, -0.15) is 0 Å². The van der Waals surface area contributed by atoms with E-state index in [0.717, 1.165) is 43.3 Å². The number of piperazine rings is 1. The van der Waals surface area contributed by atoms with Crippen LogP contribution in [0.1, 0.15) is 44.5 Å². The number of hydrogen-bond acceptors (Lipinski definition) is 6. The summed E-state index contributed by atoms with van der Waals surface area (Å²) in [6.07, 6.45) is 5.54. The van der Waals surface area contributed by atoms with Crippen LogP contribution >= 0.6 is 11.3 Å². The molecule has 2 aromatic rings. The average molecular weight is 406 g/mol. The summed E-state index contributed by atoms with van der Waals surface area (Å²) in [4.78, 5) is 13.7. The highest BCUT2D eigenvalue weighted by Gasteiger charge is 2.34. The maximum Gasteiger partial charge on any atom is 0.194 e. The van der Waals surface area contributed by atoms with Gasteiger partial charge in [-0.05, 0) is 53.1 Å². The largest absolute Gasteiger partial charge is 0.396 e. The van der Waals surface area contributed by atoms with Crippen molar-refractivity contribution >= 4 is 16.3 Å². The number of fused-ring (bicyclic) bond motifs is 1. The van der Waals surface area contributed by atoms with Gasteiger partial charge in [0.25, 0.3) is 0 Å². The molecule has 0 spiro atoms. The Morgan fingerprint density at radius 2 is 2.00 bits per heavy atom. The zero-order chi connectivity index (χ0) is 19.7. The van der Waals surface area contributed by atoms with Crippen molar-refractivity contribution in [3.05, 3.63) is 23.0 Å². The van der Waals surface area contributed by atoms with Crippen LogP contribution in [-0.4, -0.2) is 86.6 Å². The van der Waals surface area contributed by atoms with E-state index in [1.807, 2.05) is 0 Å². The molecule has 0 aliphatic carbocycles. The third-order valence-electron chi connectivity index (χ3n) is 6.71. The number of thiazole rings is 1. The van der Waals surface area contributed by atoms with E-state index >= 15 is 0 Å². The number of hydrogen-bond donors (Lipinski definition) is 1. The van der Waals surface area contributed by atoms with E-state index in [1.54, 1.807) is 11.3 Å². The molecule has 0 radical (unpaired) electrons. The Balaban J connectivity index is 1.40. The van der Waals surface area contributed by atoms with Crippen molar-refractivity contribution < 1.29 is 5.11 Å². The summed E-state index contributed by atoms with van der Waals surface area (Å²) in [5.74, 6) is 0. The number of nitrogens with zero attached hydrogens (tertiary/aromatic N) is 5. The molecule has 2 fully saturated rings. The second kappa shape index (κ2) is 8.79. The minimum atomic E-state index is 0.278. The van der Waals surface area contributed by atoms with Crippen molar-refractivity contribution in [2.45, 2.75) is 64.7 Å². The second-order valence-electron chi connectivity index (χ2n) is 8.70. The summed E-state index contributed by atoms with van der Waals surface area (Å²) < 4.78 is 2.25. The Morgan fingerprint density at radius 3 is 2.71 bits per heavy atom. The minimum Gasteiger partial charge on any atom is -0.396 e. The van der Waals surface area contributed by atoms with E-state index in [9.17, 15) is 5.11 Å². The van der Waals surface area contributed by atoms with Crippen molar-refractivity contribution in [2.75, 3.05) is 39.3 Å². The predicted molar refractivity (Wildman–Crippen MR) is 115 cm³/mol. The minimum absolute atomic E-state index is 0.278. The number of aromatic nitrogens is 2. The van der Waals surface area contributed by atoms with E-state index in [0.29, 0.717) is 18.1 Å². The van der Waals surface area contributed by atoms with Gasteiger partial charge in [-0.25, -0.2) is 4.98 Å². The first kappa shape index (κ1) is 20.3. The molecular formula is C21H35N5OS. The Kier molecular flexibility index (Phi) is 6.37. The summed E-state index contributed by atoms with van der Waals surface area (Å²) in [5.41, 5.74) is 2.46. The molecule has 0 unspecified atom stereocenters. The number of likely N-dealkylation sites (tertiary alicyclic amines) is 1. The van der Waals surface area contributed by atoms with Crippen molar-refractivity contribution in [1.29, 1.82) is 0 Å². The standard InChI is InChI=1S/C21H35N5OS/c1-16(2)24-7-4-18(5-8-24)25-10-9-23(14-19(25)6-12-27)15-20-17(3)22-21-26(20)11-13-28-21/h11,13,16,18-19,27H,4-10,12,14-15H2,1-3H3/t19-/m1/s1. The Labute approximate surface area is 172 Å². The van der Waals surface area contributed by atoms with Crippen LogP contribution in [0.4, 0.5) is 0 Å². The Bertz CT molecular complexity index is 764. The maximum absolute atomic E-state index is 9.68. The molecule has 1 N–H and O–H groups in total. The molecule has 0 amide bonds. The van der Waals surface area contributed by atoms with Crippen LogP contribution in [0, 0.1) is 6.92 Å². The van der Waals surface area contributed by atoms with Gasteiger partial charge >= 0.3 is 0 Å². The third-order valence-corrected chi connectivity index (χ3v) is 7.46. The van der Waals surface area contributed by atoms with Gasteiger partial charge in [-0.15, -0.1) is 11.3 Å². The van der Waals surface area contributed by atoms with Gasteiger partial charge in [0.2, 0.25) is 0 Å².